The van der Waals surface area contributed by atoms with Crippen molar-refractivity contribution in [1.82, 2.24) is 0 Å². The monoisotopic (exact) mass is 354 g/mol. The molecule has 1 unspecified atom stereocenters. The van der Waals surface area contributed by atoms with Gasteiger partial charge < -0.3 is 5.11 Å². The summed E-state index contributed by atoms with van der Waals surface area (Å²) in [5.41, 5.74) is 0. The third-order valence-corrected chi connectivity index (χ3v) is 4.20. The van der Waals surface area contributed by atoms with E-state index in [1.54, 1.807) is 0 Å². The molecule has 7 heteroatoms. The predicted molar refractivity (Wildman–Crippen MR) is 55.9 cm³/mol. The van der Waals surface area contributed by atoms with Gasteiger partial charge in [0.2, 0.25) is 0 Å². The van der Waals surface area contributed by atoms with Crippen LogP contribution in [0.4, 0.5) is 8.78 Å². The van der Waals surface area contributed by atoms with Gasteiger partial charge in [-0.05, 0) is 37.9 Å². The molecule has 0 saturated carbocycles. The highest BCUT2D eigenvalue weighted by Crippen LogP contribution is 2.42. The van der Waals surface area contributed by atoms with Crippen LogP contribution >= 0.6 is 54.8 Å². The zero-order valence-corrected chi connectivity index (χ0v) is 10.6. The number of halogens is 5. The van der Waals surface area contributed by atoms with E-state index in [2.05, 4.69) is 31.9 Å². The average molecular weight is 356 g/mol. The molecule has 0 spiro atoms. The summed E-state index contributed by atoms with van der Waals surface area (Å²) in [5.74, 6) is 0. The van der Waals surface area contributed by atoms with Gasteiger partial charge >= 0.3 is 4.83 Å². The maximum atomic E-state index is 12.6. The van der Waals surface area contributed by atoms with E-state index in [1.165, 1.54) is 6.07 Å². The number of hydrogen-bond donors (Lipinski definition) is 1. The molecule has 1 aromatic heterocycles. The van der Waals surface area contributed by atoms with Gasteiger partial charge in [-0.3, -0.25) is 0 Å². The zero-order valence-electron chi connectivity index (χ0n) is 5.90. The van der Waals surface area contributed by atoms with E-state index in [0.717, 1.165) is 11.3 Å². The smallest absolute Gasteiger partial charge is 0.331 e. The Kier molecular flexibility index (Phi) is 3.74. The van der Waals surface area contributed by atoms with E-state index < -0.39 is 10.9 Å². The number of alkyl halides is 3. The summed E-state index contributed by atoms with van der Waals surface area (Å²) in [4.78, 5) is -3.22. The van der Waals surface area contributed by atoms with Crippen molar-refractivity contribution >= 4 is 54.8 Å². The lowest BCUT2D eigenvalue weighted by molar-refractivity contribution is -0.0275. The van der Waals surface area contributed by atoms with Crippen LogP contribution in [0.25, 0.3) is 0 Å². The summed E-state index contributed by atoms with van der Waals surface area (Å²) < 4.78 is 26.0. The van der Waals surface area contributed by atoms with Gasteiger partial charge in [0, 0.05) is 9.35 Å². The maximum absolute atomic E-state index is 12.6. The highest BCUT2D eigenvalue weighted by Gasteiger charge is 2.37. The Balaban J connectivity index is 2.96. The van der Waals surface area contributed by atoms with E-state index in [1.807, 2.05) is 0 Å². The van der Waals surface area contributed by atoms with Gasteiger partial charge in [-0.15, -0.1) is 11.3 Å². The fraction of sp³-hybridized carbons (Fsp3) is 0.333. The molecule has 0 fully saturated rings. The molecule has 1 atom stereocenters. The van der Waals surface area contributed by atoms with Crippen molar-refractivity contribution in [2.24, 2.45) is 0 Å². The van der Waals surface area contributed by atoms with E-state index in [-0.39, 0.29) is 4.88 Å². The number of thiophene rings is 1. The summed E-state index contributed by atoms with van der Waals surface area (Å²) in [6, 6.07) is 1.37. The Morgan fingerprint density at radius 2 is 2.15 bits per heavy atom. The molecule has 74 valence electrons. The van der Waals surface area contributed by atoms with Gasteiger partial charge in [-0.25, -0.2) is 0 Å². The molecule has 0 radical (unpaired) electrons. The molecule has 0 saturated heterocycles. The molecule has 1 rings (SSSR count). The largest absolute Gasteiger partial charge is 0.380 e. The summed E-state index contributed by atoms with van der Waals surface area (Å²) in [6.07, 6.45) is -1.87. The van der Waals surface area contributed by atoms with Crippen LogP contribution in [0.2, 0.25) is 4.34 Å². The van der Waals surface area contributed by atoms with Gasteiger partial charge in [0.25, 0.3) is 0 Å². The average Bonchev–Trinajstić information content (AvgIpc) is 2.29. The highest BCUT2D eigenvalue weighted by molar-refractivity contribution is 9.10. The van der Waals surface area contributed by atoms with Crippen LogP contribution in [0.3, 0.4) is 0 Å². The van der Waals surface area contributed by atoms with Crippen molar-refractivity contribution in [3.8, 4) is 0 Å². The number of rotatable bonds is 2. The van der Waals surface area contributed by atoms with Crippen molar-refractivity contribution in [3.63, 3.8) is 0 Å². The molecular weight excluding hydrogens is 353 g/mol. The van der Waals surface area contributed by atoms with Crippen molar-refractivity contribution in [2.45, 2.75) is 10.9 Å². The highest BCUT2D eigenvalue weighted by atomic mass is 79.9. The number of aliphatic hydroxyl groups is 1. The summed E-state index contributed by atoms with van der Waals surface area (Å²) >= 11 is 11.7. The number of hydrogen-bond acceptors (Lipinski definition) is 2. The maximum Gasteiger partial charge on any atom is 0.331 e. The molecular formula is C6H3Br2ClF2OS. The normalized spacial score (nSPS) is 14.6. The molecule has 0 amide bonds. The molecule has 0 bridgehead atoms. The zero-order chi connectivity index (χ0) is 10.2. The molecule has 0 aliphatic heterocycles. The summed E-state index contributed by atoms with van der Waals surface area (Å²) in [7, 11) is 0. The molecule has 13 heavy (non-hydrogen) atoms. The fourth-order valence-corrected chi connectivity index (χ4v) is 2.82. The standard InChI is InChI=1S/C6H3Br2ClF2OS/c7-2-1-3(13-5(2)9)4(12)6(8,10)11/h1,4,12H. The SMILES string of the molecule is OC(c1cc(Br)c(Cl)s1)C(F)(F)Br. The second-order valence-electron chi connectivity index (χ2n) is 2.21. The van der Waals surface area contributed by atoms with Crippen molar-refractivity contribution in [3.05, 3.63) is 19.8 Å². The lowest BCUT2D eigenvalue weighted by atomic mass is 10.3. The molecule has 0 aliphatic rings. The topological polar surface area (TPSA) is 20.2 Å². The van der Waals surface area contributed by atoms with Gasteiger partial charge in [0.15, 0.2) is 6.10 Å². The Morgan fingerprint density at radius 3 is 2.46 bits per heavy atom. The van der Waals surface area contributed by atoms with Gasteiger partial charge in [-0.1, -0.05) is 11.6 Å². The lowest BCUT2D eigenvalue weighted by Gasteiger charge is -2.13. The molecule has 1 aromatic rings. The molecule has 1 heterocycles. The molecule has 0 aliphatic carbocycles. The van der Waals surface area contributed by atoms with Crippen LogP contribution in [-0.4, -0.2) is 9.94 Å². The first-order valence-electron chi connectivity index (χ1n) is 3.02. The Hall–Kier alpha value is 0.770. The minimum Gasteiger partial charge on any atom is -0.380 e. The second-order valence-corrected chi connectivity index (χ2v) is 5.81. The molecule has 0 aromatic carbocycles. The van der Waals surface area contributed by atoms with Gasteiger partial charge in [-0.2, -0.15) is 8.78 Å². The Bertz CT molecular complexity index is 293. The van der Waals surface area contributed by atoms with Crippen LogP contribution in [0, 0.1) is 0 Å². The minimum absolute atomic E-state index is 0.110. The van der Waals surface area contributed by atoms with Crippen LogP contribution in [0.5, 0.6) is 0 Å². The van der Waals surface area contributed by atoms with Crippen molar-refractivity contribution in [2.75, 3.05) is 0 Å². The summed E-state index contributed by atoms with van der Waals surface area (Å²) in [5, 5.41) is 9.13. The van der Waals surface area contributed by atoms with Crippen LogP contribution in [0.15, 0.2) is 10.5 Å². The van der Waals surface area contributed by atoms with E-state index in [0.29, 0.717) is 8.81 Å². The van der Waals surface area contributed by atoms with Gasteiger partial charge in [0.1, 0.15) is 4.34 Å². The quantitative estimate of drug-likeness (QED) is 0.788. The Labute approximate surface area is 99.0 Å². The third-order valence-electron chi connectivity index (χ3n) is 1.24. The lowest BCUT2D eigenvalue weighted by Crippen LogP contribution is -2.16. The predicted octanol–water partition coefficient (Wildman–Crippen LogP) is 4.19. The van der Waals surface area contributed by atoms with Crippen LogP contribution in [0.1, 0.15) is 11.0 Å². The van der Waals surface area contributed by atoms with E-state index in [9.17, 15) is 8.78 Å². The van der Waals surface area contributed by atoms with Crippen LogP contribution < -0.4 is 0 Å². The summed E-state index contributed by atoms with van der Waals surface area (Å²) in [6.45, 7) is 0. The van der Waals surface area contributed by atoms with Crippen molar-refractivity contribution in [1.29, 1.82) is 0 Å². The van der Waals surface area contributed by atoms with E-state index >= 15 is 0 Å². The Morgan fingerprint density at radius 1 is 1.62 bits per heavy atom. The van der Waals surface area contributed by atoms with E-state index in [4.69, 9.17) is 16.7 Å². The fourth-order valence-electron chi connectivity index (χ4n) is 0.659. The third kappa shape index (κ3) is 2.86. The second kappa shape index (κ2) is 4.10. The molecule has 1 N–H and O–H groups in total. The van der Waals surface area contributed by atoms with Crippen LogP contribution in [-0.2, 0) is 0 Å². The number of aliphatic hydroxyl groups excluding tert-OH is 1. The first kappa shape index (κ1) is 11.8. The minimum atomic E-state index is -3.33. The molecule has 1 nitrogen and oxygen atoms in total. The first-order valence-corrected chi connectivity index (χ1v) is 5.80. The van der Waals surface area contributed by atoms with Gasteiger partial charge in [0.05, 0.1) is 0 Å². The van der Waals surface area contributed by atoms with Crippen molar-refractivity contribution < 1.29 is 13.9 Å². The first-order chi connectivity index (χ1) is 5.82.